The Bertz CT molecular complexity index is 867. The molecule has 5 nitrogen and oxygen atoms in total. The molecule has 1 aliphatic heterocycles. The van der Waals surface area contributed by atoms with Gasteiger partial charge in [-0.05, 0) is 25.8 Å². The van der Waals surface area contributed by atoms with E-state index in [-0.39, 0.29) is 36.0 Å². The second kappa shape index (κ2) is 5.44. The van der Waals surface area contributed by atoms with Gasteiger partial charge in [-0.15, -0.1) is 0 Å². The monoisotopic (exact) mass is 322 g/mol. The molecule has 2 atom stereocenters. The number of fused-ring (bicyclic) bond motifs is 2. The van der Waals surface area contributed by atoms with Crippen LogP contribution >= 0.6 is 0 Å². The number of nitrogens with zero attached hydrogens (tertiary/aromatic N) is 1. The molecule has 2 aromatic rings. The number of aromatic amines is 1. The Hall–Kier alpha value is -2.69. The summed E-state index contributed by atoms with van der Waals surface area (Å²) in [7, 11) is 0. The van der Waals surface area contributed by atoms with Gasteiger partial charge in [0.15, 0.2) is 5.78 Å². The number of imide groups is 1. The van der Waals surface area contributed by atoms with Gasteiger partial charge in [0.25, 0.3) is 0 Å². The number of likely N-dealkylation sites (tertiary alicyclic amines) is 1. The topological polar surface area (TPSA) is 70.2 Å². The van der Waals surface area contributed by atoms with Crippen molar-refractivity contribution in [2.24, 2.45) is 11.8 Å². The Labute approximate surface area is 139 Å². The minimum Gasteiger partial charge on any atom is -0.358 e. The summed E-state index contributed by atoms with van der Waals surface area (Å²) in [6.45, 7) is 1.66. The largest absolute Gasteiger partial charge is 0.358 e. The van der Waals surface area contributed by atoms with E-state index in [1.807, 2.05) is 43.3 Å². The summed E-state index contributed by atoms with van der Waals surface area (Å²) in [5, 5.41) is 0.832. The fraction of sp³-hybridized carbons (Fsp3) is 0.316. The van der Waals surface area contributed by atoms with E-state index in [1.165, 1.54) is 0 Å². The highest BCUT2D eigenvalue weighted by Crippen LogP contribution is 2.35. The van der Waals surface area contributed by atoms with Crippen LogP contribution in [0.2, 0.25) is 0 Å². The molecule has 4 rings (SSSR count). The van der Waals surface area contributed by atoms with E-state index < -0.39 is 0 Å². The number of H-pyrrole nitrogens is 1. The molecular formula is C19H18N2O3. The lowest BCUT2D eigenvalue weighted by Gasteiger charge is -2.14. The van der Waals surface area contributed by atoms with E-state index in [1.54, 1.807) is 0 Å². The lowest BCUT2D eigenvalue weighted by Crippen LogP contribution is -2.36. The number of benzene rings is 1. The van der Waals surface area contributed by atoms with E-state index >= 15 is 0 Å². The van der Waals surface area contributed by atoms with Gasteiger partial charge in [-0.1, -0.05) is 30.4 Å². The number of hydrogen-bond donors (Lipinski definition) is 1. The smallest absolute Gasteiger partial charge is 0.233 e. The predicted octanol–water partition coefficient (Wildman–Crippen LogP) is 2.61. The van der Waals surface area contributed by atoms with Crippen molar-refractivity contribution in [1.29, 1.82) is 0 Å². The molecule has 5 heteroatoms. The van der Waals surface area contributed by atoms with Crippen LogP contribution in [0.5, 0.6) is 0 Å². The van der Waals surface area contributed by atoms with E-state index in [0.717, 1.165) is 21.5 Å². The zero-order valence-corrected chi connectivity index (χ0v) is 13.4. The maximum atomic E-state index is 12.8. The molecule has 0 unspecified atom stereocenters. The van der Waals surface area contributed by atoms with Crippen molar-refractivity contribution < 1.29 is 14.4 Å². The lowest BCUT2D eigenvalue weighted by atomic mass is 9.85. The molecule has 2 amide bonds. The molecule has 1 fully saturated rings. The van der Waals surface area contributed by atoms with Gasteiger partial charge in [-0.25, -0.2) is 0 Å². The molecule has 0 saturated carbocycles. The normalized spacial score (nSPS) is 23.1. The summed E-state index contributed by atoms with van der Waals surface area (Å²) in [4.78, 5) is 42.2. The number of carbonyl (C=O) groups excluding carboxylic acids is 3. The van der Waals surface area contributed by atoms with Crippen LogP contribution in [0.1, 0.15) is 28.9 Å². The Morgan fingerprint density at radius 3 is 2.42 bits per heavy atom. The van der Waals surface area contributed by atoms with Crippen molar-refractivity contribution in [2.75, 3.05) is 6.54 Å². The number of Topliss-reactive ketones (excluding diaryl/α,β-unsaturated/α-hetero) is 1. The third kappa shape index (κ3) is 2.12. The Morgan fingerprint density at radius 1 is 1.12 bits per heavy atom. The third-order valence-electron chi connectivity index (χ3n) is 5.07. The van der Waals surface area contributed by atoms with Crippen LogP contribution < -0.4 is 0 Å². The first-order chi connectivity index (χ1) is 11.6. The number of allylic oxidation sites excluding steroid dienone is 2. The Balaban J connectivity index is 1.63. The molecule has 0 spiro atoms. The van der Waals surface area contributed by atoms with Gasteiger partial charge in [-0.2, -0.15) is 0 Å². The summed E-state index contributed by atoms with van der Waals surface area (Å²) in [6.07, 6.45) is 5.07. The standard InChI is InChI=1S/C19H18N2O3/c1-11-17(14-8-4-5-9-15(14)20-11)16(22)10-21-18(23)12-6-2-3-7-13(12)19(21)24/h2-5,8-9,12-13,20H,6-7,10H2,1H3/t12-,13-/m1/s1. The van der Waals surface area contributed by atoms with Crippen LogP contribution in [0.25, 0.3) is 10.9 Å². The first kappa shape index (κ1) is 14.9. The highest BCUT2D eigenvalue weighted by molar-refractivity contribution is 6.14. The van der Waals surface area contributed by atoms with Gasteiger partial charge in [0.2, 0.25) is 11.8 Å². The molecule has 1 aromatic carbocycles. The first-order valence-electron chi connectivity index (χ1n) is 8.18. The summed E-state index contributed by atoms with van der Waals surface area (Å²) in [5.41, 5.74) is 2.22. The van der Waals surface area contributed by atoms with Crippen molar-refractivity contribution in [2.45, 2.75) is 19.8 Å². The average Bonchev–Trinajstić information content (AvgIpc) is 3.04. The SMILES string of the molecule is Cc1[nH]c2ccccc2c1C(=O)CN1C(=O)[C@@H]2CC=CC[C@H]2C1=O. The van der Waals surface area contributed by atoms with Crippen molar-refractivity contribution in [3.8, 4) is 0 Å². The number of aryl methyl sites for hydroxylation is 1. The highest BCUT2D eigenvalue weighted by atomic mass is 16.2. The van der Waals surface area contributed by atoms with E-state index in [2.05, 4.69) is 4.98 Å². The molecular weight excluding hydrogens is 304 g/mol. The fourth-order valence-corrected chi connectivity index (χ4v) is 3.88. The highest BCUT2D eigenvalue weighted by Gasteiger charge is 2.47. The summed E-state index contributed by atoms with van der Waals surface area (Å²) in [5.74, 6) is -1.20. The van der Waals surface area contributed by atoms with Crippen LogP contribution in [0, 0.1) is 18.8 Å². The molecule has 24 heavy (non-hydrogen) atoms. The van der Waals surface area contributed by atoms with Crippen LogP contribution in [-0.2, 0) is 9.59 Å². The lowest BCUT2D eigenvalue weighted by molar-refractivity contribution is -0.139. The molecule has 1 N–H and O–H groups in total. The van der Waals surface area contributed by atoms with Gasteiger partial charge >= 0.3 is 0 Å². The van der Waals surface area contributed by atoms with E-state index in [0.29, 0.717) is 18.4 Å². The van der Waals surface area contributed by atoms with Gasteiger partial charge < -0.3 is 4.98 Å². The second-order valence-electron chi connectivity index (χ2n) is 6.51. The maximum Gasteiger partial charge on any atom is 0.233 e. The molecule has 1 aromatic heterocycles. The number of aromatic nitrogens is 1. The number of ketones is 1. The molecule has 2 heterocycles. The van der Waals surface area contributed by atoms with Crippen molar-refractivity contribution in [1.82, 2.24) is 9.88 Å². The number of carbonyl (C=O) groups is 3. The molecule has 1 saturated heterocycles. The molecule has 1 aliphatic carbocycles. The van der Waals surface area contributed by atoms with Crippen LogP contribution in [0.4, 0.5) is 0 Å². The minimum absolute atomic E-state index is 0.173. The zero-order chi connectivity index (χ0) is 16.8. The zero-order valence-electron chi connectivity index (χ0n) is 13.4. The Kier molecular flexibility index (Phi) is 3.37. The van der Waals surface area contributed by atoms with Crippen molar-refractivity contribution in [3.63, 3.8) is 0 Å². The van der Waals surface area contributed by atoms with Crippen molar-refractivity contribution >= 4 is 28.5 Å². The molecule has 122 valence electrons. The van der Waals surface area contributed by atoms with Gasteiger partial charge in [0.05, 0.1) is 18.4 Å². The number of amides is 2. The van der Waals surface area contributed by atoms with Crippen LogP contribution in [0.15, 0.2) is 36.4 Å². The number of nitrogens with one attached hydrogen (secondary N) is 1. The number of rotatable bonds is 3. The molecule has 0 bridgehead atoms. The minimum atomic E-state index is -0.292. The molecule has 0 radical (unpaired) electrons. The first-order valence-corrected chi connectivity index (χ1v) is 8.18. The van der Waals surface area contributed by atoms with Crippen LogP contribution in [-0.4, -0.2) is 34.0 Å². The van der Waals surface area contributed by atoms with Crippen LogP contribution in [0.3, 0.4) is 0 Å². The second-order valence-corrected chi connectivity index (χ2v) is 6.51. The van der Waals surface area contributed by atoms with Gasteiger partial charge in [0.1, 0.15) is 0 Å². The number of hydrogen-bond acceptors (Lipinski definition) is 3. The van der Waals surface area contributed by atoms with E-state index in [4.69, 9.17) is 0 Å². The number of para-hydroxylation sites is 1. The maximum absolute atomic E-state index is 12.8. The van der Waals surface area contributed by atoms with Gasteiger partial charge in [-0.3, -0.25) is 19.3 Å². The summed E-state index contributed by atoms with van der Waals surface area (Å²) in [6, 6.07) is 7.56. The molecule has 2 aliphatic rings. The Morgan fingerprint density at radius 2 is 1.75 bits per heavy atom. The predicted molar refractivity (Wildman–Crippen MR) is 89.4 cm³/mol. The van der Waals surface area contributed by atoms with Crippen molar-refractivity contribution in [3.05, 3.63) is 47.7 Å². The average molecular weight is 322 g/mol. The fourth-order valence-electron chi connectivity index (χ4n) is 3.88. The quantitative estimate of drug-likeness (QED) is 0.536. The van der Waals surface area contributed by atoms with Gasteiger partial charge in [0, 0.05) is 22.2 Å². The van der Waals surface area contributed by atoms with E-state index in [9.17, 15) is 14.4 Å². The third-order valence-corrected chi connectivity index (χ3v) is 5.07. The summed E-state index contributed by atoms with van der Waals surface area (Å²) < 4.78 is 0. The summed E-state index contributed by atoms with van der Waals surface area (Å²) >= 11 is 0.